The Morgan fingerprint density at radius 1 is 1.00 bits per heavy atom. The molecule has 0 bridgehead atoms. The Morgan fingerprint density at radius 3 is 2.64 bits per heavy atom. The number of amides is 2. The van der Waals surface area contributed by atoms with E-state index in [1.165, 1.54) is 18.3 Å². The number of carbonyl (C=O) groups excluding carboxylic acids is 2. The van der Waals surface area contributed by atoms with Gasteiger partial charge in [-0.1, -0.05) is 41.7 Å². The number of nitrogens with one attached hydrogen (secondary N) is 2. The van der Waals surface area contributed by atoms with E-state index in [9.17, 15) is 9.59 Å². The number of aromatic nitrogens is 1. The molecule has 4 aromatic rings. The summed E-state index contributed by atoms with van der Waals surface area (Å²) in [5.41, 5.74) is 1.45. The molecule has 0 aliphatic heterocycles. The fourth-order valence-corrected chi connectivity index (χ4v) is 3.74. The Kier molecular flexibility index (Phi) is 4.90. The van der Waals surface area contributed by atoms with Crippen molar-refractivity contribution in [2.75, 3.05) is 17.2 Å². The minimum atomic E-state index is -0.283. The van der Waals surface area contributed by atoms with Gasteiger partial charge >= 0.3 is 0 Å². The molecule has 0 saturated heterocycles. The molecule has 0 saturated carbocycles. The Labute approximate surface area is 165 Å². The van der Waals surface area contributed by atoms with Gasteiger partial charge in [-0.05, 0) is 41.1 Å². The summed E-state index contributed by atoms with van der Waals surface area (Å²) in [4.78, 5) is 27.8. The van der Waals surface area contributed by atoms with Crippen LogP contribution in [0, 0.1) is 0 Å². The van der Waals surface area contributed by atoms with E-state index in [0.29, 0.717) is 16.6 Å². The minimum Gasteiger partial charge on any atom is -0.484 e. The largest absolute Gasteiger partial charge is 0.484 e. The second-order valence-corrected chi connectivity index (χ2v) is 7.26. The molecule has 2 N–H and O–H groups in total. The molecule has 3 aromatic carbocycles. The van der Waals surface area contributed by atoms with Crippen LogP contribution in [0.5, 0.6) is 5.75 Å². The number of carbonyl (C=O) groups is 2. The summed E-state index contributed by atoms with van der Waals surface area (Å²) >= 11 is 1.34. The monoisotopic (exact) mass is 391 g/mol. The molecule has 4 rings (SSSR count). The summed E-state index contributed by atoms with van der Waals surface area (Å²) in [5, 5.41) is 8.15. The Balaban J connectivity index is 1.40. The third-order valence-electron chi connectivity index (χ3n) is 4.05. The molecular weight excluding hydrogens is 374 g/mol. The van der Waals surface area contributed by atoms with Gasteiger partial charge in [0.2, 0.25) is 5.91 Å². The van der Waals surface area contributed by atoms with Gasteiger partial charge in [-0.15, -0.1) is 0 Å². The first kappa shape index (κ1) is 17.9. The van der Waals surface area contributed by atoms with E-state index in [-0.39, 0.29) is 18.4 Å². The number of hydrogen-bond donors (Lipinski definition) is 2. The lowest BCUT2D eigenvalue weighted by atomic mass is 10.1. The van der Waals surface area contributed by atoms with E-state index < -0.39 is 0 Å². The van der Waals surface area contributed by atoms with E-state index in [4.69, 9.17) is 4.74 Å². The molecule has 1 heterocycles. The molecule has 28 heavy (non-hydrogen) atoms. The third-order valence-corrected chi connectivity index (χ3v) is 4.98. The van der Waals surface area contributed by atoms with Gasteiger partial charge in [0.25, 0.3) is 5.91 Å². The van der Waals surface area contributed by atoms with Crippen molar-refractivity contribution in [1.82, 2.24) is 4.98 Å². The molecule has 140 valence electrons. The van der Waals surface area contributed by atoms with Crippen molar-refractivity contribution in [3.05, 3.63) is 60.7 Å². The lowest BCUT2D eigenvalue weighted by Gasteiger charge is -2.07. The van der Waals surface area contributed by atoms with E-state index in [1.807, 2.05) is 48.5 Å². The van der Waals surface area contributed by atoms with Crippen LogP contribution in [0.1, 0.15) is 6.92 Å². The molecule has 0 unspecified atom stereocenters. The summed E-state index contributed by atoms with van der Waals surface area (Å²) < 4.78 is 6.47. The highest BCUT2D eigenvalue weighted by atomic mass is 32.1. The van der Waals surface area contributed by atoms with Crippen molar-refractivity contribution in [3.8, 4) is 5.75 Å². The highest BCUT2D eigenvalue weighted by Crippen LogP contribution is 2.28. The number of benzene rings is 3. The van der Waals surface area contributed by atoms with Gasteiger partial charge in [-0.25, -0.2) is 4.98 Å². The van der Waals surface area contributed by atoms with Crippen LogP contribution in [-0.2, 0) is 9.59 Å². The summed E-state index contributed by atoms with van der Waals surface area (Å²) in [6.07, 6.45) is 0. The van der Waals surface area contributed by atoms with E-state index >= 15 is 0 Å². The average molecular weight is 391 g/mol. The topological polar surface area (TPSA) is 80.3 Å². The number of nitrogens with zero attached hydrogens (tertiary/aromatic N) is 1. The van der Waals surface area contributed by atoms with Crippen LogP contribution < -0.4 is 15.4 Å². The van der Waals surface area contributed by atoms with Crippen molar-refractivity contribution < 1.29 is 14.3 Å². The van der Waals surface area contributed by atoms with Crippen LogP contribution >= 0.6 is 11.3 Å². The van der Waals surface area contributed by atoms with Crippen LogP contribution in [0.25, 0.3) is 21.0 Å². The molecule has 0 aliphatic rings. The zero-order valence-electron chi connectivity index (χ0n) is 15.1. The van der Waals surface area contributed by atoms with Crippen LogP contribution in [-0.4, -0.2) is 23.4 Å². The fraction of sp³-hybridized carbons (Fsp3) is 0.0952. The number of fused-ring (bicyclic) bond motifs is 2. The molecule has 0 atom stereocenters. The predicted octanol–water partition coefficient (Wildman–Crippen LogP) is 4.43. The van der Waals surface area contributed by atoms with Gasteiger partial charge in [-0.2, -0.15) is 0 Å². The first-order valence-electron chi connectivity index (χ1n) is 8.66. The second-order valence-electron chi connectivity index (χ2n) is 6.23. The molecule has 1 aromatic heterocycles. The summed E-state index contributed by atoms with van der Waals surface area (Å²) in [5.74, 6) is 0.218. The standard InChI is InChI=1S/C21H17N3O3S/c1-13(25)22-16-7-9-18-19(11-16)28-21(23-18)24-20(26)12-27-17-8-6-14-4-2-3-5-15(14)10-17/h2-11H,12H2,1H3,(H,22,25)(H,23,24,26). The van der Waals surface area contributed by atoms with Gasteiger partial charge in [0.1, 0.15) is 5.75 Å². The summed E-state index contributed by atoms with van der Waals surface area (Å²) in [7, 11) is 0. The first-order chi connectivity index (χ1) is 13.6. The number of rotatable bonds is 5. The van der Waals surface area contributed by atoms with Gasteiger partial charge in [0.15, 0.2) is 11.7 Å². The summed E-state index contributed by atoms with van der Waals surface area (Å²) in [6, 6.07) is 19.1. The Bertz CT molecular complexity index is 1190. The van der Waals surface area contributed by atoms with Crippen molar-refractivity contribution in [3.63, 3.8) is 0 Å². The maximum atomic E-state index is 12.2. The van der Waals surface area contributed by atoms with Crippen molar-refractivity contribution in [2.24, 2.45) is 0 Å². The van der Waals surface area contributed by atoms with E-state index in [0.717, 1.165) is 21.0 Å². The van der Waals surface area contributed by atoms with Gasteiger partial charge in [-0.3, -0.25) is 14.9 Å². The maximum Gasteiger partial charge on any atom is 0.264 e. The zero-order valence-corrected chi connectivity index (χ0v) is 15.9. The highest BCUT2D eigenvalue weighted by molar-refractivity contribution is 7.22. The fourth-order valence-electron chi connectivity index (χ4n) is 2.82. The highest BCUT2D eigenvalue weighted by Gasteiger charge is 2.10. The van der Waals surface area contributed by atoms with E-state index in [1.54, 1.807) is 12.1 Å². The number of hydrogen-bond acceptors (Lipinski definition) is 5. The lowest BCUT2D eigenvalue weighted by molar-refractivity contribution is -0.118. The molecular formula is C21H17N3O3S. The van der Waals surface area contributed by atoms with Crippen LogP contribution in [0.3, 0.4) is 0 Å². The number of thiazole rings is 1. The average Bonchev–Trinajstić information content (AvgIpc) is 3.07. The predicted molar refractivity (Wildman–Crippen MR) is 112 cm³/mol. The maximum absolute atomic E-state index is 12.2. The normalized spacial score (nSPS) is 10.8. The number of anilines is 2. The molecule has 0 radical (unpaired) electrons. The molecule has 0 spiro atoms. The van der Waals surface area contributed by atoms with Crippen LogP contribution in [0.2, 0.25) is 0 Å². The SMILES string of the molecule is CC(=O)Nc1ccc2nc(NC(=O)COc3ccc4ccccc4c3)sc2c1. The van der Waals surface area contributed by atoms with Crippen LogP contribution in [0.4, 0.5) is 10.8 Å². The second kappa shape index (κ2) is 7.66. The Hall–Kier alpha value is -3.45. The quantitative estimate of drug-likeness (QED) is 0.528. The van der Waals surface area contributed by atoms with Gasteiger partial charge < -0.3 is 10.1 Å². The molecule has 0 aliphatic carbocycles. The lowest BCUT2D eigenvalue weighted by Crippen LogP contribution is -2.19. The van der Waals surface area contributed by atoms with Crippen molar-refractivity contribution in [1.29, 1.82) is 0 Å². The molecule has 7 heteroatoms. The Morgan fingerprint density at radius 2 is 1.82 bits per heavy atom. The molecule has 2 amide bonds. The first-order valence-corrected chi connectivity index (χ1v) is 9.48. The smallest absolute Gasteiger partial charge is 0.264 e. The molecule has 0 fully saturated rings. The van der Waals surface area contributed by atoms with Gasteiger partial charge in [0, 0.05) is 12.6 Å². The minimum absolute atomic E-state index is 0.106. The van der Waals surface area contributed by atoms with Gasteiger partial charge in [0.05, 0.1) is 10.2 Å². The van der Waals surface area contributed by atoms with Crippen LogP contribution in [0.15, 0.2) is 60.7 Å². The van der Waals surface area contributed by atoms with E-state index in [2.05, 4.69) is 15.6 Å². The number of ether oxygens (including phenoxy) is 1. The van der Waals surface area contributed by atoms with Crippen molar-refractivity contribution in [2.45, 2.75) is 6.92 Å². The molecule has 6 nitrogen and oxygen atoms in total. The third kappa shape index (κ3) is 4.10. The summed E-state index contributed by atoms with van der Waals surface area (Å²) in [6.45, 7) is 1.35. The zero-order chi connectivity index (χ0) is 19.5. The van der Waals surface area contributed by atoms with Crippen molar-refractivity contribution >= 4 is 55.0 Å².